The minimum absolute atomic E-state index is 0.144. The van der Waals surface area contributed by atoms with E-state index in [1.807, 2.05) is 18.2 Å². The van der Waals surface area contributed by atoms with Gasteiger partial charge in [0.15, 0.2) is 0 Å². The monoisotopic (exact) mass is 325 g/mol. The molecule has 2 rings (SSSR count). The van der Waals surface area contributed by atoms with Crippen LogP contribution in [0.1, 0.15) is 35.8 Å². The molecule has 6 heteroatoms. The van der Waals surface area contributed by atoms with Gasteiger partial charge in [-0.25, -0.2) is 8.42 Å². The van der Waals surface area contributed by atoms with Gasteiger partial charge in [-0.05, 0) is 42.2 Å². The first kappa shape index (κ1) is 16.0. The van der Waals surface area contributed by atoms with Gasteiger partial charge in [-0.3, -0.25) is 4.72 Å². The van der Waals surface area contributed by atoms with E-state index in [2.05, 4.69) is 18.6 Å². The summed E-state index contributed by atoms with van der Waals surface area (Å²) in [5, 5.41) is 9.18. The van der Waals surface area contributed by atoms with Crippen LogP contribution in [-0.2, 0) is 16.6 Å². The second kappa shape index (κ2) is 6.17. The van der Waals surface area contributed by atoms with Crippen molar-refractivity contribution < 1.29 is 13.5 Å². The number of aryl methyl sites for hydroxylation is 1. The molecule has 1 aromatic heterocycles. The summed E-state index contributed by atoms with van der Waals surface area (Å²) >= 11 is 1.10. The maximum absolute atomic E-state index is 12.4. The van der Waals surface area contributed by atoms with Crippen molar-refractivity contribution in [2.45, 2.75) is 37.5 Å². The third kappa shape index (κ3) is 3.64. The minimum atomic E-state index is -3.61. The second-order valence-corrected chi connectivity index (χ2v) is 8.26. The van der Waals surface area contributed by atoms with E-state index >= 15 is 0 Å². The Bertz CT molecular complexity index is 733. The van der Waals surface area contributed by atoms with Gasteiger partial charge in [0.05, 0.1) is 6.61 Å². The van der Waals surface area contributed by atoms with Gasteiger partial charge in [0.1, 0.15) is 4.21 Å². The van der Waals surface area contributed by atoms with E-state index in [1.54, 1.807) is 19.1 Å². The number of nitrogens with one attached hydrogen (secondary N) is 1. The molecule has 0 spiro atoms. The number of hydrogen-bond donors (Lipinski definition) is 2. The highest BCUT2D eigenvalue weighted by Gasteiger charge is 2.19. The average Bonchev–Trinajstić information content (AvgIpc) is 2.80. The van der Waals surface area contributed by atoms with E-state index in [0.29, 0.717) is 16.5 Å². The summed E-state index contributed by atoms with van der Waals surface area (Å²) in [7, 11) is -3.61. The van der Waals surface area contributed by atoms with Crippen LogP contribution in [0.2, 0.25) is 0 Å². The fraction of sp³-hybridized carbons (Fsp3) is 0.333. The van der Waals surface area contributed by atoms with Gasteiger partial charge in [0, 0.05) is 10.6 Å². The molecule has 21 heavy (non-hydrogen) atoms. The van der Waals surface area contributed by atoms with Gasteiger partial charge in [-0.15, -0.1) is 11.3 Å². The summed E-state index contributed by atoms with van der Waals surface area (Å²) in [4.78, 5) is 0.673. The lowest BCUT2D eigenvalue weighted by Crippen LogP contribution is -2.11. The highest BCUT2D eigenvalue weighted by Crippen LogP contribution is 2.28. The first-order valence-corrected chi connectivity index (χ1v) is 8.96. The molecule has 1 heterocycles. The number of aliphatic hydroxyl groups is 1. The lowest BCUT2D eigenvalue weighted by molar-refractivity contribution is 0.285. The maximum atomic E-state index is 12.4. The van der Waals surface area contributed by atoms with Crippen molar-refractivity contribution in [1.29, 1.82) is 0 Å². The van der Waals surface area contributed by atoms with Crippen LogP contribution in [0, 0.1) is 6.92 Å². The molecule has 0 aliphatic heterocycles. The molecule has 2 aromatic rings. The molecule has 0 unspecified atom stereocenters. The molecule has 0 amide bonds. The quantitative estimate of drug-likeness (QED) is 0.884. The molecule has 4 nitrogen and oxygen atoms in total. The Balaban J connectivity index is 2.30. The molecule has 0 bridgehead atoms. The minimum Gasteiger partial charge on any atom is -0.391 e. The Morgan fingerprint density at radius 2 is 2.00 bits per heavy atom. The van der Waals surface area contributed by atoms with Crippen LogP contribution in [0.4, 0.5) is 5.69 Å². The lowest BCUT2D eigenvalue weighted by atomic mass is 10.0. The third-order valence-electron chi connectivity index (χ3n) is 3.21. The van der Waals surface area contributed by atoms with Crippen LogP contribution in [0.3, 0.4) is 0 Å². The molecule has 0 radical (unpaired) electrons. The third-order valence-corrected chi connectivity index (χ3v) is 6.29. The maximum Gasteiger partial charge on any atom is 0.271 e. The molecule has 2 N–H and O–H groups in total. The standard InChI is InChI=1S/C15H19NO3S2/c1-10(2)12-5-4-6-13(8-12)16-21(18,19)15-7-11(3)14(9-17)20-15/h4-8,10,16-17H,9H2,1-3H3. The molecule has 0 aliphatic carbocycles. The highest BCUT2D eigenvalue weighted by molar-refractivity contribution is 7.94. The van der Waals surface area contributed by atoms with E-state index in [-0.39, 0.29) is 10.8 Å². The van der Waals surface area contributed by atoms with E-state index in [1.165, 1.54) is 0 Å². The summed E-state index contributed by atoms with van der Waals surface area (Å²) in [5.74, 6) is 0.333. The molecule has 0 saturated heterocycles. The molecule has 114 valence electrons. The van der Waals surface area contributed by atoms with E-state index in [0.717, 1.165) is 22.5 Å². The van der Waals surface area contributed by atoms with Crippen LogP contribution in [-0.4, -0.2) is 13.5 Å². The van der Waals surface area contributed by atoms with E-state index < -0.39 is 10.0 Å². The number of anilines is 1. The highest BCUT2D eigenvalue weighted by atomic mass is 32.2. The summed E-state index contributed by atoms with van der Waals surface area (Å²) in [6.07, 6.45) is 0. The van der Waals surface area contributed by atoms with Gasteiger partial charge in [0.2, 0.25) is 0 Å². The summed E-state index contributed by atoms with van der Waals surface area (Å²) < 4.78 is 27.6. The van der Waals surface area contributed by atoms with Gasteiger partial charge in [-0.2, -0.15) is 0 Å². The molecule has 0 saturated carbocycles. The Hall–Kier alpha value is -1.37. The number of thiophene rings is 1. The van der Waals surface area contributed by atoms with Gasteiger partial charge in [-0.1, -0.05) is 26.0 Å². The molecule has 1 aromatic carbocycles. The Labute approximate surface area is 129 Å². The first-order valence-electron chi connectivity index (χ1n) is 6.66. The van der Waals surface area contributed by atoms with Crippen LogP contribution >= 0.6 is 11.3 Å². The number of hydrogen-bond acceptors (Lipinski definition) is 4. The van der Waals surface area contributed by atoms with E-state index in [9.17, 15) is 13.5 Å². The topological polar surface area (TPSA) is 66.4 Å². The fourth-order valence-electron chi connectivity index (χ4n) is 1.94. The van der Waals surface area contributed by atoms with Gasteiger partial charge in [0.25, 0.3) is 10.0 Å². The van der Waals surface area contributed by atoms with Crippen molar-refractivity contribution in [2.75, 3.05) is 4.72 Å². The molecule has 0 fully saturated rings. The molecular formula is C15H19NO3S2. The SMILES string of the molecule is Cc1cc(S(=O)(=O)Nc2cccc(C(C)C)c2)sc1CO. The molecular weight excluding hydrogens is 306 g/mol. The molecule has 0 atom stereocenters. The lowest BCUT2D eigenvalue weighted by Gasteiger charge is -2.10. The second-order valence-electron chi connectivity index (χ2n) is 5.22. The Morgan fingerprint density at radius 3 is 2.57 bits per heavy atom. The molecule has 0 aliphatic rings. The van der Waals surface area contributed by atoms with Gasteiger partial charge < -0.3 is 5.11 Å². The first-order chi connectivity index (χ1) is 9.83. The van der Waals surface area contributed by atoms with Crippen LogP contribution in [0.15, 0.2) is 34.5 Å². The Kier molecular flexibility index (Phi) is 4.70. The number of rotatable bonds is 5. The van der Waals surface area contributed by atoms with Crippen molar-refractivity contribution in [2.24, 2.45) is 0 Å². The zero-order chi connectivity index (χ0) is 15.6. The van der Waals surface area contributed by atoms with Crippen molar-refractivity contribution in [1.82, 2.24) is 0 Å². The average molecular weight is 325 g/mol. The zero-order valence-corrected chi connectivity index (χ0v) is 13.9. The van der Waals surface area contributed by atoms with Gasteiger partial charge >= 0.3 is 0 Å². The predicted octanol–water partition coefficient (Wildman–Crippen LogP) is 3.47. The van der Waals surface area contributed by atoms with E-state index in [4.69, 9.17) is 0 Å². The number of aliphatic hydroxyl groups excluding tert-OH is 1. The summed E-state index contributed by atoms with van der Waals surface area (Å²) in [6.45, 7) is 5.77. The normalized spacial score (nSPS) is 11.9. The summed E-state index contributed by atoms with van der Waals surface area (Å²) in [5.41, 5.74) is 2.42. The van der Waals surface area contributed by atoms with Crippen LogP contribution < -0.4 is 4.72 Å². The zero-order valence-electron chi connectivity index (χ0n) is 12.3. The number of benzene rings is 1. The smallest absolute Gasteiger partial charge is 0.271 e. The van der Waals surface area contributed by atoms with Crippen LogP contribution in [0.25, 0.3) is 0 Å². The van der Waals surface area contributed by atoms with Crippen molar-refractivity contribution in [3.63, 3.8) is 0 Å². The fourth-order valence-corrected chi connectivity index (χ4v) is 4.44. The van der Waals surface area contributed by atoms with Crippen molar-refractivity contribution in [3.8, 4) is 0 Å². The predicted molar refractivity (Wildman–Crippen MR) is 86.3 cm³/mol. The number of sulfonamides is 1. The van der Waals surface area contributed by atoms with Crippen LogP contribution in [0.5, 0.6) is 0 Å². The van der Waals surface area contributed by atoms with Crippen molar-refractivity contribution >= 4 is 27.0 Å². The summed E-state index contributed by atoms with van der Waals surface area (Å²) in [6, 6.07) is 8.98. The van der Waals surface area contributed by atoms with Crippen molar-refractivity contribution in [3.05, 3.63) is 46.3 Å². The Morgan fingerprint density at radius 1 is 1.29 bits per heavy atom. The largest absolute Gasteiger partial charge is 0.391 e.